The number of rotatable bonds is 8. The Morgan fingerprint density at radius 1 is 1.47 bits per heavy atom. The van der Waals surface area contributed by atoms with Crippen molar-refractivity contribution in [2.24, 2.45) is 0 Å². The Morgan fingerprint density at radius 3 is 3.07 bits per heavy atom. The van der Waals surface area contributed by atoms with Crippen molar-refractivity contribution in [3.63, 3.8) is 0 Å². The van der Waals surface area contributed by atoms with Gasteiger partial charge in [0.2, 0.25) is 0 Å². The summed E-state index contributed by atoms with van der Waals surface area (Å²) in [4.78, 5) is 1.26. The van der Waals surface area contributed by atoms with E-state index in [1.807, 2.05) is 13.0 Å². The van der Waals surface area contributed by atoms with Crippen LogP contribution in [0.1, 0.15) is 18.2 Å². The van der Waals surface area contributed by atoms with Crippen molar-refractivity contribution in [3.8, 4) is 5.75 Å². The molecule has 1 heterocycles. The second kappa shape index (κ2) is 7.68. The highest BCUT2D eigenvalue weighted by atomic mass is 32.1. The molecule has 0 radical (unpaired) electrons. The van der Waals surface area contributed by atoms with Crippen LogP contribution in [0.15, 0.2) is 11.4 Å². The number of hydrogen-bond donors (Lipinski definition) is 1. The molecule has 0 atom stereocenters. The molecule has 0 fully saturated rings. The van der Waals surface area contributed by atoms with Gasteiger partial charge in [-0.2, -0.15) is 0 Å². The number of hydrogen-bond acceptors (Lipinski definition) is 4. The van der Waals surface area contributed by atoms with E-state index < -0.39 is 0 Å². The average molecular weight is 229 g/mol. The van der Waals surface area contributed by atoms with E-state index in [1.165, 1.54) is 4.88 Å². The molecule has 0 bridgehead atoms. The second-order valence-electron chi connectivity index (χ2n) is 3.14. The SMILES string of the molecule is CCOCCCNCc1sccc1OC. The average Bonchev–Trinajstić information content (AvgIpc) is 2.70. The van der Waals surface area contributed by atoms with Gasteiger partial charge in [0.15, 0.2) is 0 Å². The molecule has 0 aliphatic carbocycles. The predicted molar refractivity (Wildman–Crippen MR) is 63.7 cm³/mol. The molecule has 1 aromatic rings. The number of ether oxygens (including phenoxy) is 2. The van der Waals surface area contributed by atoms with Crippen LogP contribution in [-0.4, -0.2) is 26.9 Å². The lowest BCUT2D eigenvalue weighted by Gasteiger charge is -2.05. The Morgan fingerprint density at radius 2 is 2.33 bits per heavy atom. The zero-order valence-electron chi connectivity index (χ0n) is 9.41. The normalized spacial score (nSPS) is 10.5. The third kappa shape index (κ3) is 4.64. The summed E-state index contributed by atoms with van der Waals surface area (Å²) in [5, 5.41) is 5.42. The van der Waals surface area contributed by atoms with E-state index in [-0.39, 0.29) is 0 Å². The zero-order chi connectivity index (χ0) is 10.9. The van der Waals surface area contributed by atoms with Gasteiger partial charge < -0.3 is 14.8 Å². The standard InChI is InChI=1S/C11H19NO2S/c1-3-14-7-4-6-12-9-11-10(13-2)5-8-15-11/h5,8,12H,3-4,6-7,9H2,1-2H3. The highest BCUT2D eigenvalue weighted by molar-refractivity contribution is 7.10. The van der Waals surface area contributed by atoms with Gasteiger partial charge in [-0.05, 0) is 31.3 Å². The predicted octanol–water partition coefficient (Wildman–Crippen LogP) is 2.27. The Labute approximate surface area is 95.4 Å². The lowest BCUT2D eigenvalue weighted by atomic mass is 10.4. The molecule has 1 aromatic heterocycles. The molecular formula is C11H19NO2S. The van der Waals surface area contributed by atoms with E-state index >= 15 is 0 Å². The van der Waals surface area contributed by atoms with Crippen molar-refractivity contribution >= 4 is 11.3 Å². The monoisotopic (exact) mass is 229 g/mol. The van der Waals surface area contributed by atoms with Crippen molar-refractivity contribution in [1.82, 2.24) is 5.32 Å². The van der Waals surface area contributed by atoms with Gasteiger partial charge in [-0.1, -0.05) is 0 Å². The molecule has 0 amide bonds. The molecule has 0 aromatic carbocycles. The third-order valence-electron chi connectivity index (χ3n) is 2.06. The third-order valence-corrected chi connectivity index (χ3v) is 2.96. The maximum atomic E-state index is 5.25. The number of methoxy groups -OCH3 is 1. The molecule has 15 heavy (non-hydrogen) atoms. The van der Waals surface area contributed by atoms with Crippen molar-refractivity contribution in [1.29, 1.82) is 0 Å². The van der Waals surface area contributed by atoms with Gasteiger partial charge in [-0.3, -0.25) is 0 Å². The minimum absolute atomic E-state index is 0.804. The molecule has 0 spiro atoms. The summed E-state index contributed by atoms with van der Waals surface area (Å²) in [6, 6.07) is 2.00. The first-order valence-electron chi connectivity index (χ1n) is 5.27. The second-order valence-corrected chi connectivity index (χ2v) is 4.14. The van der Waals surface area contributed by atoms with Crippen LogP contribution in [0.4, 0.5) is 0 Å². The zero-order valence-corrected chi connectivity index (χ0v) is 10.2. The molecule has 0 aliphatic rings. The van der Waals surface area contributed by atoms with Crippen molar-refractivity contribution in [2.75, 3.05) is 26.9 Å². The van der Waals surface area contributed by atoms with Crippen LogP contribution >= 0.6 is 11.3 Å². The molecule has 0 saturated heterocycles. The van der Waals surface area contributed by atoms with E-state index in [4.69, 9.17) is 9.47 Å². The largest absolute Gasteiger partial charge is 0.496 e. The summed E-state index contributed by atoms with van der Waals surface area (Å²) >= 11 is 1.72. The molecule has 0 unspecified atom stereocenters. The smallest absolute Gasteiger partial charge is 0.134 e. The van der Waals surface area contributed by atoms with Crippen molar-refractivity contribution in [2.45, 2.75) is 19.9 Å². The summed E-state index contributed by atoms with van der Waals surface area (Å²) in [5.41, 5.74) is 0. The molecule has 0 aliphatic heterocycles. The molecule has 1 rings (SSSR count). The van der Waals surface area contributed by atoms with E-state index in [1.54, 1.807) is 18.4 Å². The summed E-state index contributed by atoms with van der Waals surface area (Å²) in [7, 11) is 1.71. The number of thiophene rings is 1. The van der Waals surface area contributed by atoms with Crippen LogP contribution in [-0.2, 0) is 11.3 Å². The summed E-state index contributed by atoms with van der Waals surface area (Å²) in [6.45, 7) is 5.53. The minimum Gasteiger partial charge on any atom is -0.496 e. The van der Waals surface area contributed by atoms with E-state index in [0.29, 0.717) is 0 Å². The molecule has 4 heteroatoms. The highest BCUT2D eigenvalue weighted by Gasteiger charge is 2.02. The van der Waals surface area contributed by atoms with E-state index in [0.717, 1.165) is 38.5 Å². The molecule has 86 valence electrons. The van der Waals surface area contributed by atoms with Crippen molar-refractivity contribution in [3.05, 3.63) is 16.3 Å². The first-order chi connectivity index (χ1) is 7.38. The quantitative estimate of drug-likeness (QED) is 0.694. The van der Waals surface area contributed by atoms with Gasteiger partial charge >= 0.3 is 0 Å². The maximum absolute atomic E-state index is 5.25. The van der Waals surface area contributed by atoms with Crippen LogP contribution in [0.3, 0.4) is 0 Å². The van der Waals surface area contributed by atoms with E-state index in [9.17, 15) is 0 Å². The van der Waals surface area contributed by atoms with Crippen LogP contribution in [0.2, 0.25) is 0 Å². The fraction of sp³-hybridized carbons (Fsp3) is 0.636. The van der Waals surface area contributed by atoms with E-state index in [2.05, 4.69) is 10.7 Å². The Hall–Kier alpha value is -0.580. The Balaban J connectivity index is 2.09. The highest BCUT2D eigenvalue weighted by Crippen LogP contribution is 2.23. The Kier molecular flexibility index (Phi) is 6.39. The van der Waals surface area contributed by atoms with Crippen LogP contribution in [0, 0.1) is 0 Å². The summed E-state index contributed by atoms with van der Waals surface area (Å²) in [5.74, 6) is 0.984. The Bertz CT molecular complexity index is 263. The molecular weight excluding hydrogens is 210 g/mol. The van der Waals surface area contributed by atoms with Gasteiger partial charge in [-0.25, -0.2) is 0 Å². The topological polar surface area (TPSA) is 30.5 Å². The van der Waals surface area contributed by atoms with Gasteiger partial charge in [0.25, 0.3) is 0 Å². The van der Waals surface area contributed by atoms with Gasteiger partial charge in [0.05, 0.1) is 12.0 Å². The van der Waals surface area contributed by atoms with Crippen molar-refractivity contribution < 1.29 is 9.47 Å². The summed E-state index contributed by atoms with van der Waals surface area (Å²) in [6.07, 6.45) is 1.06. The van der Waals surface area contributed by atoms with Gasteiger partial charge in [-0.15, -0.1) is 11.3 Å². The minimum atomic E-state index is 0.804. The van der Waals surface area contributed by atoms with Gasteiger partial charge in [0, 0.05) is 19.8 Å². The maximum Gasteiger partial charge on any atom is 0.134 e. The molecule has 0 saturated carbocycles. The lowest BCUT2D eigenvalue weighted by Crippen LogP contribution is -2.16. The first kappa shape index (κ1) is 12.5. The molecule has 3 nitrogen and oxygen atoms in total. The van der Waals surface area contributed by atoms with Gasteiger partial charge in [0.1, 0.15) is 5.75 Å². The van der Waals surface area contributed by atoms with Crippen LogP contribution in [0.5, 0.6) is 5.75 Å². The first-order valence-corrected chi connectivity index (χ1v) is 6.15. The lowest BCUT2D eigenvalue weighted by molar-refractivity contribution is 0.144. The van der Waals surface area contributed by atoms with Crippen LogP contribution in [0.25, 0.3) is 0 Å². The van der Waals surface area contributed by atoms with Crippen LogP contribution < -0.4 is 10.1 Å². The summed E-state index contributed by atoms with van der Waals surface area (Å²) < 4.78 is 10.5. The fourth-order valence-corrected chi connectivity index (χ4v) is 2.09. The fourth-order valence-electron chi connectivity index (χ4n) is 1.29. The number of nitrogens with one attached hydrogen (secondary N) is 1. The molecule has 1 N–H and O–H groups in total.